The lowest BCUT2D eigenvalue weighted by molar-refractivity contribution is -0.274. The van der Waals surface area contributed by atoms with E-state index in [1.165, 1.54) is 36.4 Å². The number of carbonyl (C=O) groups excluding carboxylic acids is 2. The fourth-order valence-corrected chi connectivity index (χ4v) is 3.70. The number of hydrogen-bond donors (Lipinski definition) is 2. The molecule has 2 amide bonds. The minimum atomic E-state index is -4.90. The number of aromatic nitrogens is 2. The van der Waals surface area contributed by atoms with Crippen LogP contribution in [0.25, 0.3) is 16.9 Å². The summed E-state index contributed by atoms with van der Waals surface area (Å²) in [5.74, 6) is -2.14. The van der Waals surface area contributed by atoms with Crippen LogP contribution in [0.2, 0.25) is 0 Å². The van der Waals surface area contributed by atoms with Crippen LogP contribution in [-0.4, -0.2) is 40.6 Å². The highest BCUT2D eigenvalue weighted by Gasteiger charge is 2.31. The SMILES string of the molecule is CC(C)Oc1ccc(F)c(-n2nc(NC(=O)[C@@H]3CNC(=O)C3)cc2-c2cccc(OC(F)(F)F)c2)c1. The molecule has 2 N–H and O–H groups in total. The van der Waals surface area contributed by atoms with Gasteiger partial charge in [-0.25, -0.2) is 9.07 Å². The fourth-order valence-electron chi connectivity index (χ4n) is 3.70. The number of halogens is 4. The first-order valence-electron chi connectivity index (χ1n) is 11.0. The topological polar surface area (TPSA) is 94.5 Å². The summed E-state index contributed by atoms with van der Waals surface area (Å²) in [5.41, 5.74) is 0.347. The van der Waals surface area contributed by atoms with Gasteiger partial charge in [0.1, 0.15) is 23.0 Å². The van der Waals surface area contributed by atoms with Crippen molar-refractivity contribution >= 4 is 17.6 Å². The Hall–Kier alpha value is -4.09. The molecule has 1 aliphatic heterocycles. The molecule has 2 heterocycles. The number of nitrogens with one attached hydrogen (secondary N) is 2. The summed E-state index contributed by atoms with van der Waals surface area (Å²) in [6.07, 6.45) is -5.09. The molecule has 0 aliphatic carbocycles. The molecule has 1 aliphatic rings. The highest BCUT2D eigenvalue weighted by atomic mass is 19.4. The van der Waals surface area contributed by atoms with Gasteiger partial charge in [0.2, 0.25) is 11.8 Å². The Labute approximate surface area is 203 Å². The molecule has 8 nitrogen and oxygen atoms in total. The van der Waals surface area contributed by atoms with Crippen LogP contribution in [0.1, 0.15) is 20.3 Å². The number of benzene rings is 2. The normalized spacial score (nSPS) is 15.6. The van der Waals surface area contributed by atoms with Gasteiger partial charge in [0, 0.05) is 30.7 Å². The lowest BCUT2D eigenvalue weighted by Crippen LogP contribution is -2.24. The van der Waals surface area contributed by atoms with E-state index in [1.807, 2.05) is 0 Å². The van der Waals surface area contributed by atoms with Gasteiger partial charge in [-0.1, -0.05) is 12.1 Å². The zero-order valence-corrected chi connectivity index (χ0v) is 19.2. The second kappa shape index (κ2) is 9.88. The summed E-state index contributed by atoms with van der Waals surface area (Å²) in [6, 6.07) is 10.5. The van der Waals surface area contributed by atoms with Gasteiger partial charge in [-0.2, -0.15) is 0 Å². The van der Waals surface area contributed by atoms with Crippen LogP contribution in [-0.2, 0) is 9.59 Å². The maximum Gasteiger partial charge on any atom is 0.573 e. The van der Waals surface area contributed by atoms with Crippen LogP contribution in [0.4, 0.5) is 23.4 Å². The fraction of sp³-hybridized carbons (Fsp3) is 0.292. The maximum atomic E-state index is 14.9. The van der Waals surface area contributed by atoms with E-state index in [1.54, 1.807) is 13.8 Å². The van der Waals surface area contributed by atoms with Crippen LogP contribution in [0.3, 0.4) is 0 Å². The molecule has 0 spiro atoms. The summed E-state index contributed by atoms with van der Waals surface area (Å²) in [4.78, 5) is 24.1. The third-order valence-corrected chi connectivity index (χ3v) is 5.19. The zero-order chi connectivity index (χ0) is 26.0. The van der Waals surface area contributed by atoms with Crippen molar-refractivity contribution < 1.29 is 36.6 Å². The average Bonchev–Trinajstić information content (AvgIpc) is 3.40. The number of amides is 2. The largest absolute Gasteiger partial charge is 0.573 e. The number of hydrogen-bond acceptors (Lipinski definition) is 5. The molecule has 36 heavy (non-hydrogen) atoms. The Bertz CT molecular complexity index is 1290. The summed E-state index contributed by atoms with van der Waals surface area (Å²) in [6.45, 7) is 3.76. The number of nitrogens with zero attached hydrogens (tertiary/aromatic N) is 2. The third-order valence-electron chi connectivity index (χ3n) is 5.19. The summed E-state index contributed by atoms with van der Waals surface area (Å²) < 4.78 is 64.0. The Balaban J connectivity index is 1.76. The molecule has 1 atom stereocenters. The van der Waals surface area contributed by atoms with Gasteiger partial charge in [-0.3, -0.25) is 9.59 Å². The monoisotopic (exact) mass is 506 g/mol. The number of carbonyl (C=O) groups is 2. The minimum absolute atomic E-state index is 0.0133. The van der Waals surface area contributed by atoms with Crippen LogP contribution in [0.5, 0.6) is 11.5 Å². The van der Waals surface area contributed by atoms with Crippen molar-refractivity contribution in [3.8, 4) is 28.4 Å². The predicted octanol–water partition coefficient (Wildman–Crippen LogP) is 4.44. The molecule has 190 valence electrons. The lowest BCUT2D eigenvalue weighted by atomic mass is 10.1. The number of anilines is 1. The van der Waals surface area contributed by atoms with E-state index in [4.69, 9.17) is 4.74 Å². The molecule has 2 aromatic carbocycles. The molecule has 1 saturated heterocycles. The van der Waals surface area contributed by atoms with Crippen molar-refractivity contribution in [3.63, 3.8) is 0 Å². The maximum absolute atomic E-state index is 14.9. The second-order valence-electron chi connectivity index (χ2n) is 8.38. The van der Waals surface area contributed by atoms with Gasteiger partial charge in [0.15, 0.2) is 5.82 Å². The highest BCUT2D eigenvalue weighted by Crippen LogP contribution is 2.33. The molecule has 1 aromatic heterocycles. The molecule has 0 unspecified atom stereocenters. The predicted molar refractivity (Wildman–Crippen MR) is 121 cm³/mol. The quantitative estimate of drug-likeness (QED) is 0.462. The molecule has 12 heteroatoms. The van der Waals surface area contributed by atoms with Crippen LogP contribution < -0.4 is 20.1 Å². The number of rotatable bonds is 7. The third kappa shape index (κ3) is 5.93. The van der Waals surface area contributed by atoms with Crippen molar-refractivity contribution in [2.45, 2.75) is 32.7 Å². The molecule has 4 rings (SSSR count). The van der Waals surface area contributed by atoms with Crippen molar-refractivity contribution in [2.24, 2.45) is 5.92 Å². The molecule has 1 fully saturated rings. The molecular weight excluding hydrogens is 484 g/mol. The summed E-state index contributed by atoms with van der Waals surface area (Å²) in [5, 5.41) is 9.45. The van der Waals surface area contributed by atoms with Gasteiger partial charge in [0.05, 0.1) is 17.7 Å². The van der Waals surface area contributed by atoms with E-state index in [9.17, 15) is 27.2 Å². The molecular formula is C24H22F4N4O4. The second-order valence-corrected chi connectivity index (χ2v) is 8.38. The first-order valence-corrected chi connectivity index (χ1v) is 11.0. The van der Waals surface area contributed by atoms with Gasteiger partial charge in [-0.15, -0.1) is 18.3 Å². The molecule has 3 aromatic rings. The van der Waals surface area contributed by atoms with E-state index in [0.717, 1.165) is 16.8 Å². The highest BCUT2D eigenvalue weighted by molar-refractivity contribution is 5.97. The minimum Gasteiger partial charge on any atom is -0.491 e. The van der Waals surface area contributed by atoms with Gasteiger partial charge < -0.3 is 20.1 Å². The lowest BCUT2D eigenvalue weighted by Gasteiger charge is -2.14. The first-order chi connectivity index (χ1) is 17.0. The van der Waals surface area contributed by atoms with Crippen molar-refractivity contribution in [1.29, 1.82) is 0 Å². The van der Waals surface area contributed by atoms with Gasteiger partial charge >= 0.3 is 6.36 Å². The van der Waals surface area contributed by atoms with Crippen LogP contribution in [0.15, 0.2) is 48.5 Å². The van der Waals surface area contributed by atoms with Crippen molar-refractivity contribution in [1.82, 2.24) is 15.1 Å². The van der Waals surface area contributed by atoms with Crippen molar-refractivity contribution in [3.05, 3.63) is 54.3 Å². The Morgan fingerprint density at radius 1 is 1.17 bits per heavy atom. The standard InChI is InChI=1S/C24H22F4N4O4/c1-13(2)35-16-6-7-18(25)20(10-16)32-19(14-4-3-5-17(8-14)36-24(26,27)28)11-21(31-32)30-23(34)15-9-22(33)29-12-15/h3-8,10-11,13,15H,9,12H2,1-2H3,(H,29,33)(H,30,31,34)/t15-/m0/s1. The van der Waals surface area contributed by atoms with Crippen molar-refractivity contribution in [2.75, 3.05) is 11.9 Å². The Morgan fingerprint density at radius 3 is 2.61 bits per heavy atom. The van der Waals surface area contributed by atoms with Crippen LogP contribution in [0, 0.1) is 11.7 Å². The average molecular weight is 506 g/mol. The van der Waals surface area contributed by atoms with Gasteiger partial charge in [0.25, 0.3) is 0 Å². The Morgan fingerprint density at radius 2 is 1.94 bits per heavy atom. The molecule has 0 radical (unpaired) electrons. The molecule has 0 saturated carbocycles. The molecule has 0 bridgehead atoms. The van der Waals surface area contributed by atoms with E-state index in [-0.39, 0.29) is 47.7 Å². The smallest absolute Gasteiger partial charge is 0.491 e. The van der Waals surface area contributed by atoms with E-state index >= 15 is 0 Å². The summed E-state index contributed by atoms with van der Waals surface area (Å²) >= 11 is 0. The number of alkyl halides is 3. The van der Waals surface area contributed by atoms with E-state index < -0.39 is 29.8 Å². The number of ether oxygens (including phenoxy) is 2. The zero-order valence-electron chi connectivity index (χ0n) is 19.2. The van der Waals surface area contributed by atoms with Gasteiger partial charge in [-0.05, 0) is 38.1 Å². The first kappa shape index (κ1) is 25.0. The summed E-state index contributed by atoms with van der Waals surface area (Å²) in [7, 11) is 0. The Kier molecular flexibility index (Phi) is 6.86. The van der Waals surface area contributed by atoms with E-state index in [0.29, 0.717) is 5.75 Å². The van der Waals surface area contributed by atoms with E-state index in [2.05, 4.69) is 20.5 Å². The van der Waals surface area contributed by atoms with Crippen LogP contribution >= 0.6 is 0 Å².